The van der Waals surface area contributed by atoms with Crippen LogP contribution >= 0.6 is 0 Å². The quantitative estimate of drug-likeness (QED) is 0.0398. The van der Waals surface area contributed by atoms with E-state index in [2.05, 4.69) is 13.8 Å². The van der Waals surface area contributed by atoms with E-state index in [0.717, 1.165) is 38.5 Å². The number of ether oxygens (including phenoxy) is 4. The summed E-state index contributed by atoms with van der Waals surface area (Å²) in [5, 5.41) is 11.6. The maximum Gasteiger partial charge on any atom is 0.306 e. The van der Waals surface area contributed by atoms with Gasteiger partial charge in [0.25, 0.3) is 0 Å². The third kappa shape index (κ3) is 28.8. The predicted octanol–water partition coefficient (Wildman–Crippen LogP) is 6.10. The zero-order valence-corrected chi connectivity index (χ0v) is 28.3. The van der Waals surface area contributed by atoms with E-state index in [9.17, 15) is 19.5 Å². The molecular formula is C34H65NO8. The molecule has 0 fully saturated rings. The Bertz CT molecular complexity index is 694. The fourth-order valence-electron chi connectivity index (χ4n) is 4.59. The lowest BCUT2D eigenvalue weighted by Crippen LogP contribution is -2.44. The van der Waals surface area contributed by atoms with Crippen molar-refractivity contribution in [1.29, 1.82) is 0 Å². The molecule has 0 aromatic carbocycles. The zero-order chi connectivity index (χ0) is 32.2. The van der Waals surface area contributed by atoms with Gasteiger partial charge < -0.3 is 33.3 Å². The highest BCUT2D eigenvalue weighted by Crippen LogP contribution is 2.13. The van der Waals surface area contributed by atoms with E-state index in [1.54, 1.807) is 0 Å². The molecule has 2 atom stereocenters. The molecule has 0 heterocycles. The van der Waals surface area contributed by atoms with E-state index >= 15 is 0 Å². The van der Waals surface area contributed by atoms with E-state index in [1.807, 2.05) is 21.1 Å². The summed E-state index contributed by atoms with van der Waals surface area (Å²) in [6, 6.07) is 0. The predicted molar refractivity (Wildman–Crippen MR) is 168 cm³/mol. The van der Waals surface area contributed by atoms with Crippen molar-refractivity contribution in [3.8, 4) is 0 Å². The molecule has 9 heteroatoms. The molecule has 0 spiro atoms. The average molecular weight is 616 g/mol. The minimum Gasteiger partial charge on any atom is -0.545 e. The molecular weight excluding hydrogens is 550 g/mol. The molecule has 0 amide bonds. The number of quaternary nitrogens is 1. The van der Waals surface area contributed by atoms with Gasteiger partial charge in [0.2, 0.25) is 0 Å². The Labute approximate surface area is 262 Å². The highest BCUT2D eigenvalue weighted by molar-refractivity contribution is 5.70. The molecule has 0 N–H and O–H groups in total. The van der Waals surface area contributed by atoms with Crippen LogP contribution in [0.5, 0.6) is 0 Å². The molecule has 0 saturated heterocycles. The second-order valence-electron chi connectivity index (χ2n) is 12.8. The number of aliphatic carboxylic acids is 1. The number of unbranched alkanes of at least 4 members (excludes halogenated alkanes) is 16. The van der Waals surface area contributed by atoms with Crippen LogP contribution in [0, 0.1) is 0 Å². The van der Waals surface area contributed by atoms with Crippen molar-refractivity contribution in [2.45, 2.75) is 155 Å². The zero-order valence-electron chi connectivity index (χ0n) is 28.3. The Hall–Kier alpha value is -1.71. The smallest absolute Gasteiger partial charge is 0.306 e. The second kappa shape index (κ2) is 27.8. The lowest BCUT2D eigenvalue weighted by atomic mass is 10.1. The summed E-state index contributed by atoms with van der Waals surface area (Å²) in [5.41, 5.74) is 0. The fraction of sp³-hybridized carbons (Fsp3) is 0.912. The summed E-state index contributed by atoms with van der Waals surface area (Å²) >= 11 is 0. The molecule has 0 aliphatic heterocycles. The molecule has 0 aliphatic rings. The van der Waals surface area contributed by atoms with Crippen molar-refractivity contribution < 1.29 is 42.9 Å². The van der Waals surface area contributed by atoms with Crippen LogP contribution in [0.1, 0.15) is 142 Å². The highest BCUT2D eigenvalue weighted by Gasteiger charge is 2.21. The first kappa shape index (κ1) is 41.3. The SMILES string of the molecule is CCCCCCCCCCCC(=O)OCC(COC(OCC[N+](C)(C)C)C(=O)[O-])OC(=O)CCCCCCCCCCC. The van der Waals surface area contributed by atoms with Crippen molar-refractivity contribution in [2.24, 2.45) is 0 Å². The molecule has 0 radical (unpaired) electrons. The molecule has 0 rings (SSSR count). The largest absolute Gasteiger partial charge is 0.545 e. The first-order valence-electron chi connectivity index (χ1n) is 17.2. The topological polar surface area (TPSA) is 111 Å². The van der Waals surface area contributed by atoms with Crippen LogP contribution in [0.25, 0.3) is 0 Å². The van der Waals surface area contributed by atoms with Gasteiger partial charge in [-0.15, -0.1) is 0 Å². The molecule has 2 unspecified atom stereocenters. The Balaban J connectivity index is 4.60. The highest BCUT2D eigenvalue weighted by atomic mass is 16.7. The fourth-order valence-corrected chi connectivity index (χ4v) is 4.59. The van der Waals surface area contributed by atoms with Crippen LogP contribution in [0.4, 0.5) is 0 Å². The van der Waals surface area contributed by atoms with Gasteiger partial charge in [-0.1, -0.05) is 117 Å². The van der Waals surface area contributed by atoms with Gasteiger partial charge in [0.15, 0.2) is 12.4 Å². The number of carbonyl (C=O) groups is 3. The Morgan fingerprint density at radius 3 is 1.49 bits per heavy atom. The summed E-state index contributed by atoms with van der Waals surface area (Å²) in [6.07, 6.45) is 18.6. The van der Waals surface area contributed by atoms with Gasteiger partial charge in [-0.2, -0.15) is 0 Å². The summed E-state index contributed by atoms with van der Waals surface area (Å²) < 4.78 is 22.3. The Morgan fingerprint density at radius 1 is 0.605 bits per heavy atom. The number of rotatable bonds is 31. The molecule has 43 heavy (non-hydrogen) atoms. The lowest BCUT2D eigenvalue weighted by Gasteiger charge is -2.26. The van der Waals surface area contributed by atoms with E-state index in [4.69, 9.17) is 18.9 Å². The van der Waals surface area contributed by atoms with E-state index in [0.29, 0.717) is 17.4 Å². The summed E-state index contributed by atoms with van der Waals surface area (Å²) in [6.45, 7) is 4.67. The van der Waals surface area contributed by atoms with Gasteiger partial charge in [-0.3, -0.25) is 9.59 Å². The number of carboxylic acids is 1. The van der Waals surface area contributed by atoms with Gasteiger partial charge in [0, 0.05) is 12.8 Å². The summed E-state index contributed by atoms with van der Waals surface area (Å²) in [7, 11) is 5.89. The number of likely N-dealkylation sites (N-methyl/N-ethyl adjacent to an activating group) is 1. The molecule has 254 valence electrons. The number of carbonyl (C=O) groups excluding carboxylic acids is 3. The molecule has 0 bridgehead atoms. The minimum absolute atomic E-state index is 0.152. The average Bonchev–Trinajstić information content (AvgIpc) is 2.94. The summed E-state index contributed by atoms with van der Waals surface area (Å²) in [4.78, 5) is 36.4. The standard InChI is InChI=1S/C34H65NO8/c1-6-8-10-12-14-16-18-20-22-24-31(36)41-28-30(29-42-34(33(38)39)40-27-26-35(3,4)5)43-32(37)25-23-21-19-17-15-13-11-9-7-2/h30,34H,6-29H2,1-5H3. The summed E-state index contributed by atoms with van der Waals surface area (Å²) in [5.74, 6) is -2.29. The van der Waals surface area contributed by atoms with Crippen molar-refractivity contribution in [1.82, 2.24) is 0 Å². The third-order valence-corrected chi connectivity index (χ3v) is 7.35. The maximum absolute atomic E-state index is 12.5. The third-order valence-electron chi connectivity index (χ3n) is 7.35. The minimum atomic E-state index is -1.61. The van der Waals surface area contributed by atoms with E-state index in [1.165, 1.54) is 77.0 Å². The van der Waals surface area contributed by atoms with Gasteiger partial charge in [0.1, 0.15) is 13.2 Å². The van der Waals surface area contributed by atoms with Gasteiger partial charge in [-0.25, -0.2) is 0 Å². The Kier molecular flexibility index (Phi) is 26.7. The molecule has 9 nitrogen and oxygen atoms in total. The normalized spacial score (nSPS) is 13.0. The first-order valence-corrected chi connectivity index (χ1v) is 17.2. The lowest BCUT2D eigenvalue weighted by molar-refractivity contribution is -0.870. The van der Waals surface area contributed by atoms with Gasteiger partial charge >= 0.3 is 11.9 Å². The number of nitrogens with zero attached hydrogens (tertiary/aromatic N) is 1. The van der Waals surface area contributed by atoms with Crippen molar-refractivity contribution in [3.05, 3.63) is 0 Å². The molecule has 0 aromatic heterocycles. The number of hydrogen-bond donors (Lipinski definition) is 0. The second-order valence-corrected chi connectivity index (χ2v) is 12.8. The van der Waals surface area contributed by atoms with E-state index in [-0.39, 0.29) is 32.2 Å². The maximum atomic E-state index is 12.5. The van der Waals surface area contributed by atoms with Crippen LogP contribution < -0.4 is 5.11 Å². The van der Waals surface area contributed by atoms with Crippen LogP contribution in [0.2, 0.25) is 0 Å². The monoisotopic (exact) mass is 615 g/mol. The van der Waals surface area contributed by atoms with Gasteiger partial charge in [-0.05, 0) is 12.8 Å². The van der Waals surface area contributed by atoms with Crippen molar-refractivity contribution in [2.75, 3.05) is 47.5 Å². The van der Waals surface area contributed by atoms with Crippen molar-refractivity contribution >= 4 is 17.9 Å². The number of hydrogen-bond acceptors (Lipinski definition) is 8. The van der Waals surface area contributed by atoms with Crippen LogP contribution in [0.3, 0.4) is 0 Å². The molecule has 0 aliphatic carbocycles. The molecule has 0 saturated carbocycles. The van der Waals surface area contributed by atoms with Gasteiger partial charge in [0.05, 0.1) is 40.3 Å². The number of esters is 2. The van der Waals surface area contributed by atoms with E-state index < -0.39 is 24.3 Å². The first-order chi connectivity index (χ1) is 20.6. The molecule has 0 aromatic rings. The van der Waals surface area contributed by atoms with Crippen LogP contribution in [0.15, 0.2) is 0 Å². The number of carboxylic acid groups (broad SMARTS) is 1. The Morgan fingerprint density at radius 2 is 1.05 bits per heavy atom. The van der Waals surface area contributed by atoms with Crippen LogP contribution in [-0.2, 0) is 33.3 Å². The van der Waals surface area contributed by atoms with Crippen LogP contribution in [-0.4, -0.2) is 82.3 Å². The van der Waals surface area contributed by atoms with Crippen molar-refractivity contribution in [3.63, 3.8) is 0 Å².